The maximum absolute atomic E-state index is 11.4. The van der Waals surface area contributed by atoms with E-state index in [1.54, 1.807) is 12.1 Å². The molecule has 1 heterocycles. The Balaban J connectivity index is 1.69. The van der Waals surface area contributed by atoms with Crippen molar-refractivity contribution >= 4 is 43.3 Å². The summed E-state index contributed by atoms with van der Waals surface area (Å²) in [7, 11) is -3.72. The second kappa shape index (κ2) is 7.81. The van der Waals surface area contributed by atoms with E-state index in [2.05, 4.69) is 36.5 Å². The number of nitrogens with zero attached hydrogens (tertiary/aromatic N) is 2. The van der Waals surface area contributed by atoms with Crippen LogP contribution in [0.25, 0.3) is 0 Å². The van der Waals surface area contributed by atoms with E-state index in [-0.39, 0.29) is 4.90 Å². The van der Waals surface area contributed by atoms with Crippen LogP contribution in [0.5, 0.6) is 0 Å². The molecule has 2 aromatic carbocycles. The summed E-state index contributed by atoms with van der Waals surface area (Å²) in [5.41, 5.74) is 1.67. The first kappa shape index (κ1) is 18.3. The van der Waals surface area contributed by atoms with E-state index in [1.807, 2.05) is 30.3 Å². The van der Waals surface area contributed by atoms with E-state index < -0.39 is 10.0 Å². The van der Waals surface area contributed by atoms with Gasteiger partial charge in [-0.2, -0.15) is 0 Å². The third kappa shape index (κ3) is 5.01. The van der Waals surface area contributed by atoms with Crippen LogP contribution >= 0.6 is 15.9 Å². The Hall–Kier alpha value is -2.49. The van der Waals surface area contributed by atoms with Crippen molar-refractivity contribution in [1.29, 1.82) is 0 Å². The molecule has 0 bridgehead atoms. The maximum Gasteiger partial charge on any atom is 0.238 e. The van der Waals surface area contributed by atoms with E-state index in [9.17, 15) is 8.42 Å². The molecule has 3 rings (SSSR count). The Bertz CT molecular complexity index is 1030. The minimum absolute atomic E-state index is 0.0801. The Labute approximate surface area is 159 Å². The molecule has 0 radical (unpaired) electrons. The predicted octanol–water partition coefficient (Wildman–Crippen LogP) is 3.24. The van der Waals surface area contributed by atoms with Crippen LogP contribution in [0.4, 0.5) is 17.3 Å². The number of primary sulfonamides is 1. The first-order valence-electron chi connectivity index (χ1n) is 7.60. The molecule has 7 nitrogen and oxygen atoms in total. The number of benzene rings is 2. The van der Waals surface area contributed by atoms with E-state index in [0.29, 0.717) is 18.2 Å². The number of rotatable bonds is 6. The molecule has 3 aromatic rings. The highest BCUT2D eigenvalue weighted by Gasteiger charge is 2.08. The van der Waals surface area contributed by atoms with E-state index in [0.717, 1.165) is 15.7 Å². The van der Waals surface area contributed by atoms with Crippen molar-refractivity contribution in [3.63, 3.8) is 0 Å². The molecule has 0 amide bonds. The van der Waals surface area contributed by atoms with Crippen molar-refractivity contribution in [2.75, 3.05) is 10.6 Å². The summed E-state index contributed by atoms with van der Waals surface area (Å²) < 4.78 is 23.8. The van der Waals surface area contributed by atoms with Crippen LogP contribution in [0.2, 0.25) is 0 Å². The van der Waals surface area contributed by atoms with Gasteiger partial charge in [0.1, 0.15) is 18.0 Å². The largest absolute Gasteiger partial charge is 0.366 e. The monoisotopic (exact) mass is 433 g/mol. The van der Waals surface area contributed by atoms with Gasteiger partial charge in [0.25, 0.3) is 0 Å². The number of aromatic nitrogens is 2. The van der Waals surface area contributed by atoms with Gasteiger partial charge in [-0.1, -0.05) is 34.1 Å². The highest BCUT2D eigenvalue weighted by Crippen LogP contribution is 2.20. The normalized spacial score (nSPS) is 11.2. The SMILES string of the molecule is NS(=O)(=O)c1cccc(CNc2cc(Nc3cccc(Br)c3)ncn2)c1. The fourth-order valence-corrected chi connectivity index (χ4v) is 3.24. The summed E-state index contributed by atoms with van der Waals surface area (Å²) in [6, 6.07) is 15.9. The molecule has 0 aliphatic rings. The molecular formula is C17H16BrN5O2S. The number of halogens is 1. The summed E-state index contributed by atoms with van der Waals surface area (Å²) >= 11 is 3.42. The van der Waals surface area contributed by atoms with Gasteiger partial charge >= 0.3 is 0 Å². The van der Waals surface area contributed by atoms with Gasteiger partial charge in [0.05, 0.1) is 4.90 Å². The second-order valence-corrected chi connectivity index (χ2v) is 7.95. The third-order valence-electron chi connectivity index (χ3n) is 3.46. The molecule has 0 spiro atoms. The summed E-state index contributed by atoms with van der Waals surface area (Å²) in [5.74, 6) is 1.25. The number of nitrogens with two attached hydrogens (primary N) is 1. The number of anilines is 3. The lowest BCUT2D eigenvalue weighted by molar-refractivity contribution is 0.597. The molecule has 0 aliphatic heterocycles. The van der Waals surface area contributed by atoms with Crippen molar-refractivity contribution in [1.82, 2.24) is 9.97 Å². The Morgan fingerprint density at radius 2 is 1.77 bits per heavy atom. The summed E-state index contributed by atoms with van der Waals surface area (Å²) in [6.07, 6.45) is 1.45. The summed E-state index contributed by atoms with van der Waals surface area (Å²) in [4.78, 5) is 8.44. The van der Waals surface area contributed by atoms with Crippen LogP contribution in [0.3, 0.4) is 0 Å². The quantitative estimate of drug-likeness (QED) is 0.550. The van der Waals surface area contributed by atoms with Gasteiger partial charge in [0.15, 0.2) is 0 Å². The molecule has 1 aromatic heterocycles. The van der Waals surface area contributed by atoms with Gasteiger partial charge < -0.3 is 10.6 Å². The number of nitrogens with one attached hydrogen (secondary N) is 2. The van der Waals surface area contributed by atoms with Crippen molar-refractivity contribution in [2.24, 2.45) is 5.14 Å². The maximum atomic E-state index is 11.4. The van der Waals surface area contributed by atoms with Gasteiger partial charge in [-0.25, -0.2) is 23.5 Å². The predicted molar refractivity (Wildman–Crippen MR) is 105 cm³/mol. The number of hydrogen-bond acceptors (Lipinski definition) is 6. The van der Waals surface area contributed by atoms with Gasteiger partial charge in [-0.15, -0.1) is 0 Å². The zero-order valence-electron chi connectivity index (χ0n) is 13.6. The molecule has 4 N–H and O–H groups in total. The number of hydrogen-bond donors (Lipinski definition) is 3. The van der Waals surface area contributed by atoms with Crippen molar-refractivity contribution in [3.05, 3.63) is 71.0 Å². The highest BCUT2D eigenvalue weighted by atomic mass is 79.9. The number of sulfonamides is 1. The Morgan fingerprint density at radius 3 is 2.54 bits per heavy atom. The van der Waals surface area contributed by atoms with Gasteiger partial charge in [0.2, 0.25) is 10.0 Å². The fraction of sp³-hybridized carbons (Fsp3) is 0.0588. The third-order valence-corrected chi connectivity index (χ3v) is 4.87. The molecule has 0 fully saturated rings. The fourth-order valence-electron chi connectivity index (χ4n) is 2.26. The first-order chi connectivity index (χ1) is 12.4. The van der Waals surface area contributed by atoms with Crippen molar-refractivity contribution in [2.45, 2.75) is 11.4 Å². The minimum atomic E-state index is -3.72. The van der Waals surface area contributed by atoms with Gasteiger partial charge in [0, 0.05) is 22.8 Å². The molecule has 26 heavy (non-hydrogen) atoms. The Kier molecular flexibility index (Phi) is 5.50. The molecule has 134 valence electrons. The van der Waals surface area contributed by atoms with Crippen LogP contribution in [0.1, 0.15) is 5.56 Å². The first-order valence-corrected chi connectivity index (χ1v) is 9.94. The van der Waals surface area contributed by atoms with Crippen LogP contribution < -0.4 is 15.8 Å². The Morgan fingerprint density at radius 1 is 1.00 bits per heavy atom. The summed E-state index contributed by atoms with van der Waals surface area (Å²) in [5, 5.41) is 11.5. The molecule has 0 saturated carbocycles. The topological polar surface area (TPSA) is 110 Å². The van der Waals surface area contributed by atoms with Crippen molar-refractivity contribution < 1.29 is 8.42 Å². The second-order valence-electron chi connectivity index (χ2n) is 5.47. The molecule has 0 atom stereocenters. The lowest BCUT2D eigenvalue weighted by atomic mass is 10.2. The smallest absolute Gasteiger partial charge is 0.238 e. The van der Waals surface area contributed by atoms with E-state index in [1.165, 1.54) is 18.5 Å². The average molecular weight is 434 g/mol. The molecule has 0 saturated heterocycles. The molecule has 0 unspecified atom stereocenters. The van der Waals surface area contributed by atoms with Crippen LogP contribution in [0.15, 0.2) is 70.3 Å². The standard InChI is InChI=1S/C17H16BrN5O2S/c18-13-4-2-5-14(8-13)23-17-9-16(21-11-22-17)20-10-12-3-1-6-15(7-12)26(19,24)25/h1-9,11H,10H2,(H2,19,24,25)(H2,20,21,22,23). The van der Waals surface area contributed by atoms with Gasteiger partial charge in [-0.3, -0.25) is 0 Å². The summed E-state index contributed by atoms with van der Waals surface area (Å²) in [6.45, 7) is 0.400. The van der Waals surface area contributed by atoms with E-state index >= 15 is 0 Å². The van der Waals surface area contributed by atoms with E-state index in [4.69, 9.17) is 5.14 Å². The van der Waals surface area contributed by atoms with Crippen molar-refractivity contribution in [3.8, 4) is 0 Å². The molecular weight excluding hydrogens is 418 g/mol. The lowest BCUT2D eigenvalue weighted by Gasteiger charge is -2.09. The molecule has 9 heteroatoms. The van der Waals surface area contributed by atoms with Crippen LogP contribution in [-0.4, -0.2) is 18.4 Å². The minimum Gasteiger partial charge on any atom is -0.366 e. The lowest BCUT2D eigenvalue weighted by Crippen LogP contribution is -2.12. The van der Waals surface area contributed by atoms with Crippen LogP contribution in [-0.2, 0) is 16.6 Å². The van der Waals surface area contributed by atoms with Gasteiger partial charge in [-0.05, 0) is 35.9 Å². The highest BCUT2D eigenvalue weighted by molar-refractivity contribution is 9.10. The average Bonchev–Trinajstić information content (AvgIpc) is 2.60. The zero-order valence-corrected chi connectivity index (χ0v) is 16.0. The van der Waals surface area contributed by atoms with Crippen LogP contribution in [0, 0.1) is 0 Å². The zero-order chi connectivity index (χ0) is 18.6. The molecule has 0 aliphatic carbocycles.